The number of rotatable bonds is 6. The van der Waals surface area contributed by atoms with E-state index in [1.165, 1.54) is 12.2 Å². The van der Waals surface area contributed by atoms with E-state index in [0.29, 0.717) is 11.1 Å². The first kappa shape index (κ1) is 27.1. The first-order chi connectivity index (χ1) is 19.7. The minimum Gasteiger partial charge on any atom is -0.289 e. The number of piperazine rings is 1. The quantitative estimate of drug-likeness (QED) is 0.243. The predicted octanol–water partition coefficient (Wildman–Crippen LogP) is -2.42. The molecule has 26 heteroatoms. The van der Waals surface area contributed by atoms with Crippen LogP contribution in [0.15, 0.2) is 36.4 Å². The van der Waals surface area contributed by atoms with Crippen LogP contribution in [0.5, 0.6) is 0 Å². The molecule has 220 valence electrons. The summed E-state index contributed by atoms with van der Waals surface area (Å²) in [6.45, 7) is 0. The van der Waals surface area contributed by atoms with Crippen molar-refractivity contribution in [3.05, 3.63) is 108 Å². The van der Waals surface area contributed by atoms with Crippen LogP contribution in [0.2, 0.25) is 0 Å². The van der Waals surface area contributed by atoms with Crippen LogP contribution in [0.25, 0.3) is 0 Å². The minimum absolute atomic E-state index is 0.0924. The van der Waals surface area contributed by atoms with Gasteiger partial charge >= 0.3 is 0 Å². The van der Waals surface area contributed by atoms with E-state index in [4.69, 9.17) is 0 Å². The number of fused-ring (bicyclic) bond motifs is 1. The Morgan fingerprint density at radius 1 is 0.429 bits per heavy atom. The third-order valence-corrected chi connectivity index (χ3v) is 7.03. The normalized spacial score (nSPS) is 27.9. The summed E-state index contributed by atoms with van der Waals surface area (Å²) in [5.74, 6) is -0.185. The van der Waals surface area contributed by atoms with Crippen molar-refractivity contribution in [1.82, 2.24) is 30.1 Å². The zero-order valence-corrected chi connectivity index (χ0v) is 20.0. The fourth-order valence-electron chi connectivity index (χ4n) is 5.71. The topological polar surface area (TPSA) is 312 Å². The lowest BCUT2D eigenvalue weighted by atomic mass is 9.95. The van der Waals surface area contributed by atoms with E-state index in [-0.39, 0.29) is 41.6 Å². The monoisotopic (exact) mass is 596 g/mol. The van der Waals surface area contributed by atoms with Crippen LogP contribution in [0.1, 0.15) is 20.7 Å². The molecule has 5 fully saturated rings. The number of nitrogens with zero attached hydrogens (tertiary/aromatic N) is 12. The third kappa shape index (κ3) is 3.43. The van der Waals surface area contributed by atoms with Gasteiger partial charge < -0.3 is 0 Å². The van der Waals surface area contributed by atoms with Crippen LogP contribution in [0.4, 0.5) is 0 Å². The largest absolute Gasteiger partial charge is 0.289 e. The van der Waals surface area contributed by atoms with Gasteiger partial charge in [0, 0.05) is 11.1 Å². The van der Waals surface area contributed by atoms with Gasteiger partial charge in [-0.3, -0.25) is 9.59 Å². The maximum absolute atomic E-state index is 11.7. The molecular formula is C16H12N12O14. The van der Waals surface area contributed by atoms with Gasteiger partial charge in [-0.05, 0) is 12.2 Å². The summed E-state index contributed by atoms with van der Waals surface area (Å²) in [6, 6.07) is 6.84. The van der Waals surface area contributed by atoms with Crippen molar-refractivity contribution in [3.8, 4) is 0 Å². The second-order valence-electron chi connectivity index (χ2n) is 8.80. The lowest BCUT2D eigenvalue weighted by Gasteiger charge is -2.39. The lowest BCUT2D eigenvalue weighted by molar-refractivity contribution is -0.792. The Labute approximate surface area is 227 Å². The first-order valence-corrected chi connectivity index (χ1v) is 11.1. The number of hydrazine groups is 6. The number of hydrogen-bond donors (Lipinski definition) is 0. The molecule has 5 aliphatic heterocycles. The predicted molar refractivity (Wildman–Crippen MR) is 120 cm³/mol. The number of nitro groups is 6. The van der Waals surface area contributed by atoms with E-state index in [2.05, 4.69) is 0 Å². The Morgan fingerprint density at radius 3 is 0.786 bits per heavy atom. The van der Waals surface area contributed by atoms with E-state index in [9.17, 15) is 70.3 Å². The summed E-state index contributed by atoms with van der Waals surface area (Å²) in [7, 11) is 0. The van der Waals surface area contributed by atoms with Gasteiger partial charge in [0.05, 0.1) is 0 Å². The van der Waals surface area contributed by atoms with Gasteiger partial charge in [-0.2, -0.15) is 0 Å². The van der Waals surface area contributed by atoms with Gasteiger partial charge in [-0.25, -0.2) is 60.7 Å². The van der Waals surface area contributed by atoms with Gasteiger partial charge in [0.2, 0.25) is 0 Å². The zero-order chi connectivity index (χ0) is 30.9. The molecule has 42 heavy (non-hydrogen) atoms. The number of carbonyl (C=O) groups excluding carboxylic acids is 2. The smallest absolute Gasteiger partial charge is 0.272 e. The van der Waals surface area contributed by atoms with Crippen LogP contribution in [-0.2, 0) is 0 Å². The number of ketones is 2. The lowest BCUT2D eigenvalue weighted by Crippen LogP contribution is -2.77. The molecule has 0 N–H and O–H groups in total. The molecule has 5 saturated heterocycles. The third-order valence-electron chi connectivity index (χ3n) is 7.03. The molecule has 0 atom stereocenters. The van der Waals surface area contributed by atoms with Crippen molar-refractivity contribution in [2.75, 3.05) is 0 Å². The number of allylic oxidation sites excluding steroid dienone is 2. The van der Waals surface area contributed by atoms with Crippen LogP contribution in [-0.4, -0.2) is 109 Å². The SMILES string of the molecule is O=C1C=CC(=O)c2ccccc21.O=[N+]([O-])N1C2C3N([N+](=O)[O-])[C@H]4[C@@H](N3[N+](=O)[O-])N([N+](=O)[O-])[C@@H]1[C@@H](N2[N+](=O)[O-])N4[N+](=O)[O-]. The highest BCUT2D eigenvalue weighted by molar-refractivity contribution is 6.21. The highest BCUT2D eigenvalue weighted by Crippen LogP contribution is 2.51. The number of carbonyl (C=O) groups is 2. The van der Waals surface area contributed by atoms with Crippen molar-refractivity contribution in [3.63, 3.8) is 0 Å². The molecule has 0 unspecified atom stereocenters. The van der Waals surface area contributed by atoms with Crippen LogP contribution < -0.4 is 0 Å². The van der Waals surface area contributed by atoms with E-state index in [0.717, 1.165) is 0 Å². The summed E-state index contributed by atoms with van der Waals surface area (Å²) in [6.07, 6.45) is -11.8. The van der Waals surface area contributed by atoms with E-state index < -0.39 is 67.2 Å². The highest BCUT2D eigenvalue weighted by atomic mass is 16.7. The van der Waals surface area contributed by atoms with Gasteiger partial charge in [-0.15, -0.1) is 0 Å². The van der Waals surface area contributed by atoms with Crippen molar-refractivity contribution in [2.45, 2.75) is 37.0 Å². The minimum atomic E-state index is -2.47. The van der Waals surface area contributed by atoms with Gasteiger partial charge in [-0.1, -0.05) is 54.3 Å². The van der Waals surface area contributed by atoms with E-state index >= 15 is 0 Å². The molecule has 0 spiro atoms. The Kier molecular flexibility index (Phi) is 5.82. The maximum atomic E-state index is 11.7. The zero-order valence-electron chi connectivity index (χ0n) is 20.0. The van der Waals surface area contributed by atoms with Gasteiger partial charge in [0.1, 0.15) is 0 Å². The van der Waals surface area contributed by atoms with Crippen molar-refractivity contribution in [1.29, 1.82) is 0 Å². The summed E-state index contributed by atoms with van der Waals surface area (Å²) in [5.41, 5.74) is 1.01. The van der Waals surface area contributed by atoms with Crippen LogP contribution >= 0.6 is 0 Å². The molecule has 6 bridgehead atoms. The fourth-order valence-corrected chi connectivity index (χ4v) is 5.71. The summed E-state index contributed by atoms with van der Waals surface area (Å²) < 4.78 is 0. The molecule has 0 saturated carbocycles. The molecule has 1 aromatic rings. The summed E-state index contributed by atoms with van der Waals surface area (Å²) >= 11 is 0. The highest BCUT2D eigenvalue weighted by Gasteiger charge is 2.89. The molecule has 1 aromatic carbocycles. The second-order valence-corrected chi connectivity index (χ2v) is 8.80. The number of benzene rings is 1. The molecule has 0 radical (unpaired) electrons. The molecular weight excluding hydrogens is 584 g/mol. The van der Waals surface area contributed by atoms with E-state index in [1.54, 1.807) is 24.3 Å². The summed E-state index contributed by atoms with van der Waals surface area (Å²) in [5, 5.41) is 60.5. The molecule has 26 nitrogen and oxygen atoms in total. The number of hydrogen-bond acceptors (Lipinski definition) is 14. The molecule has 5 heterocycles. The van der Waals surface area contributed by atoms with Crippen molar-refractivity contribution >= 4 is 11.6 Å². The first-order valence-electron chi connectivity index (χ1n) is 11.1. The second kappa shape index (κ2) is 9.02. The molecule has 6 aliphatic rings. The summed E-state index contributed by atoms with van der Waals surface area (Å²) in [4.78, 5) is 92.3. The Hall–Kier alpha value is -6.50. The average Bonchev–Trinajstić information content (AvgIpc) is 3.36. The average molecular weight is 596 g/mol. The van der Waals surface area contributed by atoms with Crippen LogP contribution in [0.3, 0.4) is 0 Å². The van der Waals surface area contributed by atoms with Crippen molar-refractivity contribution < 1.29 is 39.8 Å². The Balaban J connectivity index is 0.000000244. The Morgan fingerprint density at radius 2 is 0.619 bits per heavy atom. The molecule has 7 rings (SSSR count). The van der Waals surface area contributed by atoms with Crippen LogP contribution in [0, 0.1) is 60.7 Å². The van der Waals surface area contributed by atoms with Gasteiger partial charge in [0.25, 0.3) is 37.0 Å². The molecule has 1 aliphatic carbocycles. The standard InChI is InChI=1S/C10H6O2.C6H6N12O12/c11-9-5-6-10(12)8-4-2-1-3-7(8)9;19-13(20)7-1-2-8(14(21)22)5(7)6-9(15(23)24)3(11(1)17(27)28)4(10(6)16(25)26)12(2)18(29)30/h1-6H;1-6H/t;1-,2+,3+,4-,5?,6?. The Bertz CT molecular complexity index is 1350. The molecule has 0 amide bonds. The fraction of sp³-hybridized carbons (Fsp3) is 0.375. The van der Waals surface area contributed by atoms with E-state index in [1.807, 2.05) is 0 Å². The molecule has 0 aromatic heterocycles. The van der Waals surface area contributed by atoms with Gasteiger partial charge in [0.15, 0.2) is 41.8 Å². The van der Waals surface area contributed by atoms with Crippen molar-refractivity contribution in [2.24, 2.45) is 0 Å². The maximum Gasteiger partial charge on any atom is 0.272 e.